The molecule has 6 heteroatoms. The monoisotopic (exact) mass is 316 g/mol. The maximum atomic E-state index is 11.9. The second-order valence-electron chi connectivity index (χ2n) is 5.51. The molecular formula is C17H24N4O2. The Morgan fingerprint density at radius 2 is 2.00 bits per heavy atom. The molecule has 1 unspecified atom stereocenters. The number of hydrogen-bond donors (Lipinski definition) is 3. The van der Waals surface area contributed by atoms with Gasteiger partial charge in [0.15, 0.2) is 0 Å². The zero-order valence-electron chi connectivity index (χ0n) is 13.8. The first-order chi connectivity index (χ1) is 11.1. The van der Waals surface area contributed by atoms with Crippen LogP contribution in [0.1, 0.15) is 30.3 Å². The highest BCUT2D eigenvalue weighted by molar-refractivity contribution is 5.74. The first kappa shape index (κ1) is 17.0. The summed E-state index contributed by atoms with van der Waals surface area (Å²) in [6, 6.07) is 9.40. The Balaban J connectivity index is 2.07. The van der Waals surface area contributed by atoms with Crippen molar-refractivity contribution in [2.45, 2.75) is 39.8 Å². The minimum Gasteiger partial charge on any atom is -0.394 e. The third-order valence-electron chi connectivity index (χ3n) is 3.92. The van der Waals surface area contributed by atoms with Crippen LogP contribution in [0.2, 0.25) is 0 Å². The van der Waals surface area contributed by atoms with Gasteiger partial charge in [-0.25, -0.2) is 9.48 Å². The zero-order chi connectivity index (χ0) is 16.8. The number of carbonyl (C=O) groups is 1. The van der Waals surface area contributed by atoms with Gasteiger partial charge in [0.2, 0.25) is 0 Å². The number of carbonyl (C=O) groups excluding carboxylic acids is 1. The van der Waals surface area contributed by atoms with E-state index in [4.69, 9.17) is 5.11 Å². The van der Waals surface area contributed by atoms with Crippen LogP contribution in [-0.2, 0) is 6.54 Å². The number of urea groups is 1. The standard InChI is InChI=1S/C17H24N4O2/c1-4-14(11-22)19-17(23)18-10-16-12(2)20-21(13(16)3)15-8-6-5-7-9-15/h5-9,14,22H,4,10-11H2,1-3H3,(H2,18,19,23). The van der Waals surface area contributed by atoms with Crippen LogP contribution >= 0.6 is 0 Å². The molecule has 0 fully saturated rings. The van der Waals surface area contributed by atoms with Gasteiger partial charge in [0.05, 0.1) is 24.0 Å². The minimum atomic E-state index is -0.280. The molecule has 0 saturated carbocycles. The predicted molar refractivity (Wildman–Crippen MR) is 89.6 cm³/mol. The number of aromatic nitrogens is 2. The van der Waals surface area contributed by atoms with Crippen molar-refractivity contribution in [3.05, 3.63) is 47.3 Å². The average molecular weight is 316 g/mol. The van der Waals surface area contributed by atoms with Crippen LogP contribution in [0.4, 0.5) is 4.79 Å². The van der Waals surface area contributed by atoms with Gasteiger partial charge in [-0.05, 0) is 32.4 Å². The van der Waals surface area contributed by atoms with Crippen molar-refractivity contribution >= 4 is 6.03 Å². The van der Waals surface area contributed by atoms with E-state index in [1.54, 1.807) is 0 Å². The van der Waals surface area contributed by atoms with Crippen molar-refractivity contribution in [1.29, 1.82) is 0 Å². The molecule has 0 aliphatic carbocycles. The fraction of sp³-hybridized carbons (Fsp3) is 0.412. The van der Waals surface area contributed by atoms with Gasteiger partial charge in [-0.15, -0.1) is 0 Å². The van der Waals surface area contributed by atoms with Gasteiger partial charge in [-0.1, -0.05) is 25.1 Å². The lowest BCUT2D eigenvalue weighted by Gasteiger charge is -2.14. The molecule has 23 heavy (non-hydrogen) atoms. The number of aliphatic hydroxyl groups is 1. The molecule has 0 bridgehead atoms. The number of aliphatic hydroxyl groups excluding tert-OH is 1. The number of hydrogen-bond acceptors (Lipinski definition) is 3. The summed E-state index contributed by atoms with van der Waals surface area (Å²) in [4.78, 5) is 11.9. The van der Waals surface area contributed by atoms with Crippen LogP contribution in [-0.4, -0.2) is 33.6 Å². The van der Waals surface area contributed by atoms with Gasteiger partial charge in [-0.2, -0.15) is 5.10 Å². The summed E-state index contributed by atoms with van der Waals surface area (Å²) in [6.07, 6.45) is 0.688. The molecule has 0 radical (unpaired) electrons. The van der Waals surface area contributed by atoms with E-state index >= 15 is 0 Å². The highest BCUT2D eigenvalue weighted by Gasteiger charge is 2.14. The van der Waals surface area contributed by atoms with Gasteiger partial charge >= 0.3 is 6.03 Å². The van der Waals surface area contributed by atoms with Crippen LogP contribution < -0.4 is 10.6 Å². The predicted octanol–water partition coefficient (Wildman–Crippen LogP) is 2.06. The molecule has 0 aliphatic heterocycles. The SMILES string of the molecule is CCC(CO)NC(=O)NCc1c(C)nn(-c2ccccc2)c1C. The summed E-state index contributed by atoms with van der Waals surface area (Å²) in [5, 5.41) is 19.2. The Hall–Kier alpha value is -2.34. The smallest absolute Gasteiger partial charge is 0.315 e. The normalized spacial score (nSPS) is 12.0. The minimum absolute atomic E-state index is 0.0616. The van der Waals surface area contributed by atoms with Crippen molar-refractivity contribution in [1.82, 2.24) is 20.4 Å². The Labute approximate surface area is 136 Å². The summed E-state index contributed by atoms with van der Waals surface area (Å²) >= 11 is 0. The number of para-hydroxylation sites is 1. The second kappa shape index (κ2) is 7.78. The molecule has 0 saturated heterocycles. The Morgan fingerprint density at radius 3 is 2.61 bits per heavy atom. The van der Waals surface area contributed by atoms with Crippen molar-refractivity contribution in [3.63, 3.8) is 0 Å². The molecule has 0 aliphatic rings. The van der Waals surface area contributed by atoms with E-state index in [9.17, 15) is 4.79 Å². The number of benzene rings is 1. The van der Waals surface area contributed by atoms with E-state index in [2.05, 4.69) is 15.7 Å². The van der Waals surface area contributed by atoms with Gasteiger partial charge in [0.25, 0.3) is 0 Å². The second-order valence-corrected chi connectivity index (χ2v) is 5.51. The van der Waals surface area contributed by atoms with Gasteiger partial charge in [0, 0.05) is 17.8 Å². The quantitative estimate of drug-likeness (QED) is 0.763. The fourth-order valence-electron chi connectivity index (χ4n) is 2.43. The molecule has 2 aromatic rings. The topological polar surface area (TPSA) is 79.2 Å². The molecular weight excluding hydrogens is 292 g/mol. The van der Waals surface area contributed by atoms with Crippen molar-refractivity contribution < 1.29 is 9.90 Å². The fourth-order valence-corrected chi connectivity index (χ4v) is 2.43. The first-order valence-electron chi connectivity index (χ1n) is 7.82. The first-order valence-corrected chi connectivity index (χ1v) is 7.82. The number of rotatable bonds is 6. The highest BCUT2D eigenvalue weighted by atomic mass is 16.3. The molecule has 1 aromatic carbocycles. The van der Waals surface area contributed by atoms with E-state index in [1.807, 2.05) is 55.8 Å². The van der Waals surface area contributed by atoms with Crippen LogP contribution in [0.3, 0.4) is 0 Å². The van der Waals surface area contributed by atoms with Gasteiger partial charge in [0.1, 0.15) is 0 Å². The van der Waals surface area contributed by atoms with Crippen molar-refractivity contribution in [2.24, 2.45) is 0 Å². The number of nitrogens with one attached hydrogen (secondary N) is 2. The van der Waals surface area contributed by atoms with Crippen LogP contribution in [0, 0.1) is 13.8 Å². The molecule has 2 rings (SSSR count). The third-order valence-corrected chi connectivity index (χ3v) is 3.92. The third kappa shape index (κ3) is 4.10. The van der Waals surface area contributed by atoms with Gasteiger partial charge in [-0.3, -0.25) is 0 Å². The largest absolute Gasteiger partial charge is 0.394 e. The number of aryl methyl sites for hydroxylation is 1. The Bertz CT molecular complexity index is 648. The maximum Gasteiger partial charge on any atom is 0.315 e. The molecule has 1 atom stereocenters. The zero-order valence-corrected chi connectivity index (χ0v) is 13.8. The maximum absolute atomic E-state index is 11.9. The van der Waals surface area contributed by atoms with E-state index in [-0.39, 0.29) is 18.7 Å². The molecule has 6 nitrogen and oxygen atoms in total. The summed E-state index contributed by atoms with van der Waals surface area (Å²) in [7, 11) is 0. The molecule has 124 valence electrons. The lowest BCUT2D eigenvalue weighted by atomic mass is 10.2. The number of amides is 2. The molecule has 1 aromatic heterocycles. The van der Waals surface area contributed by atoms with E-state index in [0.717, 1.165) is 22.6 Å². The summed E-state index contributed by atoms with van der Waals surface area (Å²) in [5.74, 6) is 0. The lowest BCUT2D eigenvalue weighted by Crippen LogP contribution is -2.43. The summed E-state index contributed by atoms with van der Waals surface area (Å²) in [5.41, 5.74) is 3.89. The number of nitrogens with zero attached hydrogens (tertiary/aromatic N) is 2. The highest BCUT2D eigenvalue weighted by Crippen LogP contribution is 2.17. The van der Waals surface area contributed by atoms with E-state index < -0.39 is 0 Å². The Kier molecular flexibility index (Phi) is 5.76. The average Bonchev–Trinajstić information content (AvgIpc) is 2.86. The van der Waals surface area contributed by atoms with Crippen molar-refractivity contribution in [3.8, 4) is 5.69 Å². The van der Waals surface area contributed by atoms with Crippen molar-refractivity contribution in [2.75, 3.05) is 6.61 Å². The summed E-state index contributed by atoms with van der Waals surface area (Å²) < 4.78 is 1.88. The molecule has 2 amide bonds. The van der Waals surface area contributed by atoms with E-state index in [1.165, 1.54) is 0 Å². The van der Waals surface area contributed by atoms with Crippen LogP contribution in [0.25, 0.3) is 5.69 Å². The van der Waals surface area contributed by atoms with E-state index in [0.29, 0.717) is 13.0 Å². The molecule has 1 heterocycles. The molecule has 0 spiro atoms. The summed E-state index contributed by atoms with van der Waals surface area (Å²) in [6.45, 7) is 6.18. The Morgan fingerprint density at radius 1 is 1.30 bits per heavy atom. The van der Waals surface area contributed by atoms with Crippen LogP contribution in [0.15, 0.2) is 30.3 Å². The van der Waals surface area contributed by atoms with Gasteiger partial charge < -0.3 is 15.7 Å². The van der Waals surface area contributed by atoms with Crippen LogP contribution in [0.5, 0.6) is 0 Å². The lowest BCUT2D eigenvalue weighted by molar-refractivity contribution is 0.214. The molecule has 3 N–H and O–H groups in total.